The van der Waals surface area contributed by atoms with Crippen molar-refractivity contribution in [3.8, 4) is 11.3 Å². The van der Waals surface area contributed by atoms with Crippen LogP contribution in [0.4, 0.5) is 0 Å². The van der Waals surface area contributed by atoms with E-state index in [0.717, 1.165) is 11.7 Å². The Hall–Kier alpha value is -3.18. The molecular formula is C21H15NO3S. The van der Waals surface area contributed by atoms with Crippen molar-refractivity contribution in [1.82, 2.24) is 3.97 Å². The third-order valence-electron chi connectivity index (χ3n) is 4.27. The number of hydrogen-bond donors (Lipinski definition) is 0. The molecule has 4 rings (SSSR count). The summed E-state index contributed by atoms with van der Waals surface area (Å²) in [5.41, 5.74) is 2.29. The molecule has 0 aliphatic heterocycles. The average Bonchev–Trinajstić information content (AvgIpc) is 3.09. The van der Waals surface area contributed by atoms with Crippen LogP contribution in [0.25, 0.3) is 22.2 Å². The zero-order chi connectivity index (χ0) is 18.1. The van der Waals surface area contributed by atoms with Gasteiger partial charge in [0, 0.05) is 10.9 Å². The Balaban J connectivity index is 2.06. The van der Waals surface area contributed by atoms with Crippen LogP contribution in [-0.2, 0) is 10.0 Å². The standard InChI is InChI=1S/C21H15NO3S/c23-15-16-7-6-9-17(13-16)21-14-18-8-4-5-12-20(18)22(21)26(24,25)19-10-2-1-3-11-19/h1-15H. The highest BCUT2D eigenvalue weighted by Crippen LogP contribution is 2.32. The number of carbonyl (C=O) groups is 1. The fourth-order valence-corrected chi connectivity index (χ4v) is 4.61. The van der Waals surface area contributed by atoms with E-state index in [9.17, 15) is 13.2 Å². The van der Waals surface area contributed by atoms with Gasteiger partial charge in [0.25, 0.3) is 10.0 Å². The Kier molecular flexibility index (Phi) is 3.93. The molecule has 0 atom stereocenters. The molecule has 5 heteroatoms. The van der Waals surface area contributed by atoms with Crippen LogP contribution in [0.5, 0.6) is 0 Å². The maximum atomic E-state index is 13.4. The molecule has 0 unspecified atom stereocenters. The minimum atomic E-state index is -3.79. The molecule has 0 bridgehead atoms. The SMILES string of the molecule is O=Cc1cccc(-c2cc3ccccc3n2S(=O)(=O)c2ccccc2)c1. The highest BCUT2D eigenvalue weighted by atomic mass is 32.2. The van der Waals surface area contributed by atoms with Gasteiger partial charge < -0.3 is 0 Å². The minimum absolute atomic E-state index is 0.217. The van der Waals surface area contributed by atoms with E-state index >= 15 is 0 Å². The van der Waals surface area contributed by atoms with E-state index in [1.807, 2.05) is 24.3 Å². The van der Waals surface area contributed by atoms with Gasteiger partial charge in [0.2, 0.25) is 0 Å². The average molecular weight is 361 g/mol. The summed E-state index contributed by atoms with van der Waals surface area (Å²) in [7, 11) is -3.79. The summed E-state index contributed by atoms with van der Waals surface area (Å²) < 4.78 is 28.1. The molecule has 0 aliphatic rings. The quantitative estimate of drug-likeness (QED) is 0.508. The lowest BCUT2D eigenvalue weighted by atomic mass is 10.1. The largest absolute Gasteiger partial charge is 0.298 e. The van der Waals surface area contributed by atoms with Gasteiger partial charge in [-0.25, -0.2) is 12.4 Å². The van der Waals surface area contributed by atoms with Crippen LogP contribution in [0.3, 0.4) is 0 Å². The summed E-state index contributed by atoms with van der Waals surface area (Å²) in [6.45, 7) is 0. The highest BCUT2D eigenvalue weighted by Gasteiger charge is 2.23. The molecule has 4 aromatic rings. The van der Waals surface area contributed by atoms with Crippen LogP contribution < -0.4 is 0 Å². The molecule has 0 aliphatic carbocycles. The van der Waals surface area contributed by atoms with Crippen molar-refractivity contribution in [1.29, 1.82) is 0 Å². The predicted octanol–water partition coefficient (Wildman–Crippen LogP) is 4.36. The Morgan fingerprint density at radius 1 is 0.769 bits per heavy atom. The van der Waals surface area contributed by atoms with Crippen LogP contribution in [0.2, 0.25) is 0 Å². The number of para-hydroxylation sites is 1. The minimum Gasteiger partial charge on any atom is -0.298 e. The third-order valence-corrected chi connectivity index (χ3v) is 6.01. The lowest BCUT2D eigenvalue weighted by molar-refractivity contribution is 0.112. The van der Waals surface area contributed by atoms with E-state index in [-0.39, 0.29) is 4.90 Å². The smallest absolute Gasteiger partial charge is 0.268 e. The number of aldehydes is 1. The molecule has 0 N–H and O–H groups in total. The topological polar surface area (TPSA) is 56.1 Å². The summed E-state index contributed by atoms with van der Waals surface area (Å²) >= 11 is 0. The second-order valence-electron chi connectivity index (χ2n) is 5.91. The van der Waals surface area contributed by atoms with Gasteiger partial charge >= 0.3 is 0 Å². The van der Waals surface area contributed by atoms with Crippen molar-refractivity contribution < 1.29 is 13.2 Å². The van der Waals surface area contributed by atoms with E-state index in [1.54, 1.807) is 60.7 Å². The molecule has 1 aromatic heterocycles. The molecule has 128 valence electrons. The molecule has 0 spiro atoms. The van der Waals surface area contributed by atoms with Crippen LogP contribution in [0.1, 0.15) is 10.4 Å². The van der Waals surface area contributed by atoms with Gasteiger partial charge in [-0.2, -0.15) is 0 Å². The van der Waals surface area contributed by atoms with Gasteiger partial charge in [0.15, 0.2) is 0 Å². The fourth-order valence-electron chi connectivity index (χ4n) is 3.06. The van der Waals surface area contributed by atoms with Crippen LogP contribution >= 0.6 is 0 Å². The monoisotopic (exact) mass is 361 g/mol. The molecule has 0 radical (unpaired) electrons. The van der Waals surface area contributed by atoms with Gasteiger partial charge in [0.1, 0.15) is 6.29 Å². The zero-order valence-corrected chi connectivity index (χ0v) is 14.6. The van der Waals surface area contributed by atoms with E-state index < -0.39 is 10.0 Å². The highest BCUT2D eigenvalue weighted by molar-refractivity contribution is 7.90. The summed E-state index contributed by atoms with van der Waals surface area (Å²) in [6, 6.07) is 24.4. The molecule has 0 amide bonds. The maximum Gasteiger partial charge on any atom is 0.268 e. The number of hydrogen-bond acceptors (Lipinski definition) is 3. The third kappa shape index (κ3) is 2.62. The second-order valence-corrected chi connectivity index (χ2v) is 7.70. The van der Waals surface area contributed by atoms with E-state index in [2.05, 4.69) is 0 Å². The molecule has 26 heavy (non-hydrogen) atoms. The van der Waals surface area contributed by atoms with E-state index in [4.69, 9.17) is 0 Å². The zero-order valence-electron chi connectivity index (χ0n) is 13.7. The first kappa shape index (κ1) is 16.3. The van der Waals surface area contributed by atoms with Gasteiger partial charge in [-0.05, 0) is 35.9 Å². The van der Waals surface area contributed by atoms with Crippen molar-refractivity contribution in [3.63, 3.8) is 0 Å². The van der Waals surface area contributed by atoms with Crippen molar-refractivity contribution in [3.05, 3.63) is 90.5 Å². The molecule has 0 saturated heterocycles. The molecule has 0 fully saturated rings. The second kappa shape index (κ2) is 6.28. The van der Waals surface area contributed by atoms with Crippen LogP contribution in [0, 0.1) is 0 Å². The fraction of sp³-hybridized carbons (Fsp3) is 0. The van der Waals surface area contributed by atoms with E-state index in [0.29, 0.717) is 22.3 Å². The van der Waals surface area contributed by atoms with Crippen LogP contribution in [-0.4, -0.2) is 18.7 Å². The number of carbonyl (C=O) groups excluding carboxylic acids is 1. The summed E-state index contributed by atoms with van der Waals surface area (Å²) in [6.07, 6.45) is 0.752. The Morgan fingerprint density at radius 2 is 1.50 bits per heavy atom. The van der Waals surface area contributed by atoms with Crippen molar-refractivity contribution in [2.24, 2.45) is 0 Å². The Labute approximate surface area is 151 Å². The summed E-state index contributed by atoms with van der Waals surface area (Å²) in [4.78, 5) is 11.4. The van der Waals surface area contributed by atoms with Crippen molar-refractivity contribution >= 4 is 27.2 Å². The first-order chi connectivity index (χ1) is 12.6. The maximum absolute atomic E-state index is 13.4. The number of fused-ring (bicyclic) bond motifs is 1. The normalized spacial score (nSPS) is 11.5. The first-order valence-electron chi connectivity index (χ1n) is 8.08. The number of nitrogens with zero attached hydrogens (tertiary/aromatic N) is 1. The lowest BCUT2D eigenvalue weighted by Gasteiger charge is -2.12. The first-order valence-corrected chi connectivity index (χ1v) is 9.52. The van der Waals surface area contributed by atoms with Gasteiger partial charge in [-0.15, -0.1) is 0 Å². The molecule has 3 aromatic carbocycles. The van der Waals surface area contributed by atoms with Gasteiger partial charge in [-0.3, -0.25) is 4.79 Å². The van der Waals surface area contributed by atoms with Crippen molar-refractivity contribution in [2.45, 2.75) is 4.90 Å². The number of benzene rings is 3. The Bertz CT molecular complexity index is 1210. The van der Waals surface area contributed by atoms with Crippen LogP contribution in [0.15, 0.2) is 89.8 Å². The number of rotatable bonds is 4. The molecular weight excluding hydrogens is 346 g/mol. The predicted molar refractivity (Wildman–Crippen MR) is 102 cm³/mol. The molecule has 1 heterocycles. The van der Waals surface area contributed by atoms with Gasteiger partial charge in [-0.1, -0.05) is 54.6 Å². The lowest BCUT2D eigenvalue weighted by Crippen LogP contribution is -2.14. The molecule has 4 nitrogen and oxygen atoms in total. The Morgan fingerprint density at radius 3 is 2.27 bits per heavy atom. The molecule has 0 saturated carbocycles. The van der Waals surface area contributed by atoms with Gasteiger partial charge in [0.05, 0.1) is 16.1 Å². The number of aromatic nitrogens is 1. The summed E-state index contributed by atoms with van der Waals surface area (Å²) in [5.74, 6) is 0. The summed E-state index contributed by atoms with van der Waals surface area (Å²) in [5, 5.41) is 0.818. The van der Waals surface area contributed by atoms with E-state index in [1.165, 1.54) is 3.97 Å². The van der Waals surface area contributed by atoms with Crippen molar-refractivity contribution in [2.75, 3.05) is 0 Å².